The fraction of sp³-hybridized carbons (Fsp3) is 0.286. The molecule has 0 saturated carbocycles. The highest BCUT2D eigenvalue weighted by Crippen LogP contribution is 2.27. The van der Waals surface area contributed by atoms with E-state index in [9.17, 15) is 9.18 Å². The van der Waals surface area contributed by atoms with Crippen molar-refractivity contribution in [2.75, 3.05) is 6.54 Å². The van der Waals surface area contributed by atoms with Gasteiger partial charge in [0.2, 0.25) is 0 Å². The van der Waals surface area contributed by atoms with Crippen LogP contribution in [0.5, 0.6) is 0 Å². The monoisotopic (exact) mass is 278 g/mol. The highest BCUT2D eigenvalue weighted by molar-refractivity contribution is 7.17. The largest absolute Gasteiger partial charge is 0.351 e. The average molecular weight is 278 g/mol. The van der Waals surface area contributed by atoms with Crippen LogP contribution in [0.25, 0.3) is 10.6 Å². The summed E-state index contributed by atoms with van der Waals surface area (Å²) in [4.78, 5) is 16.9. The molecule has 1 N–H and O–H groups in total. The SMILES string of the molecule is CCCNC(=O)c1sc(-c2ccc(F)cc2)nc1C. The van der Waals surface area contributed by atoms with E-state index in [4.69, 9.17) is 0 Å². The third-order valence-corrected chi connectivity index (χ3v) is 3.83. The van der Waals surface area contributed by atoms with Crippen molar-refractivity contribution in [3.63, 3.8) is 0 Å². The number of aromatic nitrogens is 1. The Morgan fingerprint density at radius 3 is 2.68 bits per heavy atom. The standard InChI is InChI=1S/C14H15FN2OS/c1-3-8-16-13(18)12-9(2)17-14(19-12)10-4-6-11(15)7-5-10/h4-7H,3,8H2,1-2H3,(H,16,18). The first-order chi connectivity index (χ1) is 9.11. The molecule has 1 heterocycles. The van der Waals surface area contributed by atoms with Crippen molar-refractivity contribution in [2.24, 2.45) is 0 Å². The van der Waals surface area contributed by atoms with E-state index in [-0.39, 0.29) is 11.7 Å². The van der Waals surface area contributed by atoms with Crippen molar-refractivity contribution in [3.8, 4) is 10.6 Å². The highest BCUT2D eigenvalue weighted by atomic mass is 32.1. The third kappa shape index (κ3) is 3.17. The van der Waals surface area contributed by atoms with Crippen LogP contribution >= 0.6 is 11.3 Å². The van der Waals surface area contributed by atoms with Crippen LogP contribution in [0.3, 0.4) is 0 Å². The van der Waals surface area contributed by atoms with Gasteiger partial charge in [0.1, 0.15) is 15.7 Å². The number of nitrogens with one attached hydrogen (secondary N) is 1. The van der Waals surface area contributed by atoms with E-state index in [1.165, 1.54) is 23.5 Å². The molecule has 2 aromatic rings. The van der Waals surface area contributed by atoms with Crippen molar-refractivity contribution in [1.29, 1.82) is 0 Å². The Morgan fingerprint density at radius 1 is 1.37 bits per heavy atom. The summed E-state index contributed by atoms with van der Waals surface area (Å²) < 4.78 is 12.9. The van der Waals surface area contributed by atoms with E-state index < -0.39 is 0 Å². The minimum atomic E-state index is -0.280. The van der Waals surface area contributed by atoms with E-state index in [2.05, 4.69) is 10.3 Å². The predicted octanol–water partition coefficient (Wildman–Crippen LogP) is 3.40. The number of hydrogen-bond donors (Lipinski definition) is 1. The molecule has 1 aromatic carbocycles. The molecule has 2 rings (SSSR count). The normalized spacial score (nSPS) is 10.5. The van der Waals surface area contributed by atoms with Gasteiger partial charge in [-0.15, -0.1) is 11.3 Å². The summed E-state index contributed by atoms with van der Waals surface area (Å²) in [6.45, 7) is 4.47. The van der Waals surface area contributed by atoms with Crippen molar-refractivity contribution < 1.29 is 9.18 Å². The lowest BCUT2D eigenvalue weighted by Gasteiger charge is -2.00. The maximum Gasteiger partial charge on any atom is 0.263 e. The van der Waals surface area contributed by atoms with Crippen LogP contribution in [0, 0.1) is 12.7 Å². The molecule has 0 saturated heterocycles. The first kappa shape index (κ1) is 13.7. The molecule has 0 aliphatic rings. The van der Waals surface area contributed by atoms with Crippen LogP contribution in [-0.4, -0.2) is 17.4 Å². The number of benzene rings is 1. The summed E-state index contributed by atoms with van der Waals surface area (Å²) in [5.74, 6) is -0.372. The summed E-state index contributed by atoms with van der Waals surface area (Å²) in [5, 5.41) is 3.57. The van der Waals surface area contributed by atoms with Gasteiger partial charge in [0, 0.05) is 12.1 Å². The molecule has 100 valence electrons. The van der Waals surface area contributed by atoms with Crippen LogP contribution in [0.4, 0.5) is 4.39 Å². The van der Waals surface area contributed by atoms with Gasteiger partial charge in [-0.1, -0.05) is 6.92 Å². The molecule has 5 heteroatoms. The number of carbonyl (C=O) groups is 1. The zero-order valence-electron chi connectivity index (χ0n) is 10.9. The van der Waals surface area contributed by atoms with Gasteiger partial charge in [-0.05, 0) is 37.6 Å². The van der Waals surface area contributed by atoms with Crippen LogP contribution < -0.4 is 5.32 Å². The predicted molar refractivity (Wildman–Crippen MR) is 74.9 cm³/mol. The molecule has 0 radical (unpaired) electrons. The van der Waals surface area contributed by atoms with Gasteiger partial charge in [-0.25, -0.2) is 9.37 Å². The number of carbonyl (C=O) groups excluding carboxylic acids is 1. The molecule has 0 bridgehead atoms. The summed E-state index contributed by atoms with van der Waals surface area (Å²) >= 11 is 1.33. The minimum Gasteiger partial charge on any atom is -0.351 e. The zero-order valence-corrected chi connectivity index (χ0v) is 11.7. The zero-order chi connectivity index (χ0) is 13.8. The lowest BCUT2D eigenvalue weighted by atomic mass is 10.2. The molecule has 0 aliphatic heterocycles. The number of aryl methyl sites for hydroxylation is 1. The van der Waals surface area contributed by atoms with Gasteiger partial charge < -0.3 is 5.32 Å². The van der Waals surface area contributed by atoms with Crippen molar-refractivity contribution >= 4 is 17.2 Å². The van der Waals surface area contributed by atoms with Gasteiger partial charge >= 0.3 is 0 Å². The van der Waals surface area contributed by atoms with Crippen LogP contribution in [0.15, 0.2) is 24.3 Å². The number of amides is 1. The Labute approximate surface area is 115 Å². The molecule has 0 unspecified atom stereocenters. The molecule has 0 fully saturated rings. The molecule has 19 heavy (non-hydrogen) atoms. The lowest BCUT2D eigenvalue weighted by Crippen LogP contribution is -2.23. The summed E-state index contributed by atoms with van der Waals surface area (Å²) in [7, 11) is 0. The Kier molecular flexibility index (Phi) is 4.27. The molecule has 0 spiro atoms. The van der Waals surface area contributed by atoms with Gasteiger partial charge in [-0.2, -0.15) is 0 Å². The summed E-state index contributed by atoms with van der Waals surface area (Å²) in [6, 6.07) is 6.12. The second kappa shape index (κ2) is 5.93. The molecular weight excluding hydrogens is 263 g/mol. The molecule has 0 aliphatic carbocycles. The molecule has 0 atom stereocenters. The Morgan fingerprint density at radius 2 is 2.05 bits per heavy atom. The average Bonchev–Trinajstić information content (AvgIpc) is 2.79. The number of halogens is 1. The van der Waals surface area contributed by atoms with E-state index >= 15 is 0 Å². The first-order valence-electron chi connectivity index (χ1n) is 6.13. The van der Waals surface area contributed by atoms with E-state index in [1.807, 2.05) is 13.8 Å². The molecule has 1 aromatic heterocycles. The van der Waals surface area contributed by atoms with Gasteiger partial charge in [0.15, 0.2) is 0 Å². The van der Waals surface area contributed by atoms with E-state index in [1.54, 1.807) is 12.1 Å². The quantitative estimate of drug-likeness (QED) is 0.931. The van der Waals surface area contributed by atoms with Gasteiger partial charge in [0.25, 0.3) is 5.91 Å². The Hall–Kier alpha value is -1.75. The maximum atomic E-state index is 12.9. The Balaban J connectivity index is 2.25. The maximum absolute atomic E-state index is 12.9. The summed E-state index contributed by atoms with van der Waals surface area (Å²) in [5.41, 5.74) is 1.53. The number of rotatable bonds is 4. The number of thiazole rings is 1. The molecule has 1 amide bonds. The van der Waals surface area contributed by atoms with Crippen LogP contribution in [0.2, 0.25) is 0 Å². The highest BCUT2D eigenvalue weighted by Gasteiger charge is 2.15. The lowest BCUT2D eigenvalue weighted by molar-refractivity contribution is 0.0957. The Bertz CT molecular complexity index is 578. The van der Waals surface area contributed by atoms with Gasteiger partial charge in [-0.3, -0.25) is 4.79 Å². The van der Waals surface area contributed by atoms with Crippen LogP contribution in [0.1, 0.15) is 28.7 Å². The second-order valence-corrected chi connectivity index (χ2v) is 5.20. The minimum absolute atomic E-state index is 0.0924. The molecular formula is C14H15FN2OS. The molecule has 3 nitrogen and oxygen atoms in total. The number of nitrogens with zero attached hydrogens (tertiary/aromatic N) is 1. The fourth-order valence-corrected chi connectivity index (χ4v) is 2.63. The van der Waals surface area contributed by atoms with E-state index in [0.29, 0.717) is 17.1 Å². The fourth-order valence-electron chi connectivity index (χ4n) is 1.64. The van der Waals surface area contributed by atoms with Crippen molar-refractivity contribution in [3.05, 3.63) is 40.7 Å². The number of hydrogen-bond acceptors (Lipinski definition) is 3. The first-order valence-corrected chi connectivity index (χ1v) is 6.95. The van der Waals surface area contributed by atoms with Crippen LogP contribution in [-0.2, 0) is 0 Å². The topological polar surface area (TPSA) is 42.0 Å². The smallest absolute Gasteiger partial charge is 0.263 e. The van der Waals surface area contributed by atoms with Gasteiger partial charge in [0.05, 0.1) is 5.69 Å². The van der Waals surface area contributed by atoms with Crippen molar-refractivity contribution in [1.82, 2.24) is 10.3 Å². The van der Waals surface area contributed by atoms with E-state index in [0.717, 1.165) is 17.0 Å². The second-order valence-electron chi connectivity index (χ2n) is 4.20. The third-order valence-electron chi connectivity index (χ3n) is 2.63. The van der Waals surface area contributed by atoms with Crippen molar-refractivity contribution in [2.45, 2.75) is 20.3 Å². The summed E-state index contributed by atoms with van der Waals surface area (Å²) in [6.07, 6.45) is 0.897.